The third-order valence-electron chi connectivity index (χ3n) is 3.47. The van der Waals surface area contributed by atoms with E-state index in [1.807, 2.05) is 0 Å². The minimum Gasteiger partial charge on any atom is -0.444 e. The fourth-order valence-corrected chi connectivity index (χ4v) is 2.78. The molecule has 154 valence electrons. The maximum absolute atomic E-state index is 12.4. The molecule has 0 radical (unpaired) electrons. The summed E-state index contributed by atoms with van der Waals surface area (Å²) in [7, 11) is 3.39. The normalized spacial score (nSPS) is 10.8. The fourth-order valence-electron chi connectivity index (χ4n) is 2.13. The van der Waals surface area contributed by atoms with E-state index in [-0.39, 0.29) is 11.1 Å². The van der Waals surface area contributed by atoms with Gasteiger partial charge in [0.2, 0.25) is 0 Å². The first kappa shape index (κ1) is 22.3. The summed E-state index contributed by atoms with van der Waals surface area (Å²) in [5.41, 5.74) is 1.01. The first-order valence-corrected chi connectivity index (χ1v) is 9.76. The summed E-state index contributed by atoms with van der Waals surface area (Å²) in [6.07, 6.45) is -0.555. The SMILES string of the molecule is CN(C)C(=O)Sc1ccc(NC(=O)c2ccc(NC(=O)OC(C)(C)C)cc2)cc1. The Labute approximate surface area is 174 Å². The molecule has 0 aliphatic rings. The molecule has 29 heavy (non-hydrogen) atoms. The Morgan fingerprint density at radius 3 is 1.90 bits per heavy atom. The van der Waals surface area contributed by atoms with Gasteiger partial charge in [0, 0.05) is 35.9 Å². The van der Waals surface area contributed by atoms with Crippen LogP contribution in [0.5, 0.6) is 0 Å². The molecule has 0 fully saturated rings. The molecule has 2 rings (SSSR count). The van der Waals surface area contributed by atoms with Gasteiger partial charge in [0.25, 0.3) is 11.1 Å². The molecule has 0 unspecified atom stereocenters. The van der Waals surface area contributed by atoms with Crippen molar-refractivity contribution in [1.29, 1.82) is 0 Å². The monoisotopic (exact) mass is 415 g/mol. The van der Waals surface area contributed by atoms with E-state index in [1.54, 1.807) is 83.4 Å². The number of carbonyl (C=O) groups excluding carboxylic acids is 3. The van der Waals surface area contributed by atoms with Crippen LogP contribution >= 0.6 is 11.8 Å². The first-order chi connectivity index (χ1) is 13.5. The molecule has 2 N–H and O–H groups in total. The Balaban J connectivity index is 1.94. The molecule has 0 aromatic heterocycles. The number of anilines is 2. The van der Waals surface area contributed by atoms with Gasteiger partial charge >= 0.3 is 6.09 Å². The summed E-state index contributed by atoms with van der Waals surface area (Å²) in [6.45, 7) is 5.35. The van der Waals surface area contributed by atoms with Crippen LogP contribution in [0.1, 0.15) is 31.1 Å². The molecule has 0 saturated heterocycles. The molecule has 0 atom stereocenters. The number of hydrogen-bond donors (Lipinski definition) is 2. The average Bonchev–Trinajstić information content (AvgIpc) is 2.62. The molecule has 3 amide bonds. The average molecular weight is 416 g/mol. The van der Waals surface area contributed by atoms with Gasteiger partial charge in [-0.25, -0.2) is 4.79 Å². The second-order valence-electron chi connectivity index (χ2n) is 7.45. The third kappa shape index (κ3) is 7.50. The maximum Gasteiger partial charge on any atom is 0.412 e. The molecule has 0 spiro atoms. The van der Waals surface area contributed by atoms with Crippen LogP contribution in [-0.4, -0.2) is 41.8 Å². The maximum atomic E-state index is 12.4. The Bertz CT molecular complexity index is 872. The summed E-state index contributed by atoms with van der Waals surface area (Å²) < 4.78 is 5.19. The van der Waals surface area contributed by atoms with E-state index in [9.17, 15) is 14.4 Å². The van der Waals surface area contributed by atoms with Crippen molar-refractivity contribution in [2.75, 3.05) is 24.7 Å². The van der Waals surface area contributed by atoms with Crippen LogP contribution in [0.3, 0.4) is 0 Å². The smallest absolute Gasteiger partial charge is 0.412 e. The van der Waals surface area contributed by atoms with Crippen LogP contribution in [-0.2, 0) is 4.74 Å². The predicted molar refractivity (Wildman–Crippen MR) is 116 cm³/mol. The van der Waals surface area contributed by atoms with E-state index in [2.05, 4.69) is 10.6 Å². The van der Waals surface area contributed by atoms with Gasteiger partial charge < -0.3 is 15.0 Å². The lowest BCUT2D eigenvalue weighted by Crippen LogP contribution is -2.27. The zero-order chi connectivity index (χ0) is 21.6. The van der Waals surface area contributed by atoms with Crippen molar-refractivity contribution in [1.82, 2.24) is 4.90 Å². The fraction of sp³-hybridized carbons (Fsp3) is 0.286. The highest BCUT2D eigenvalue weighted by Gasteiger charge is 2.16. The van der Waals surface area contributed by atoms with E-state index in [0.29, 0.717) is 16.9 Å². The molecule has 8 heteroatoms. The number of ether oxygens (including phenoxy) is 1. The summed E-state index contributed by atoms with van der Waals surface area (Å²) in [5, 5.41) is 5.35. The number of carbonyl (C=O) groups is 3. The van der Waals surface area contributed by atoms with Crippen molar-refractivity contribution in [3.8, 4) is 0 Å². The minimum absolute atomic E-state index is 0.0677. The lowest BCUT2D eigenvalue weighted by Gasteiger charge is -2.19. The third-order valence-corrected chi connectivity index (χ3v) is 4.52. The van der Waals surface area contributed by atoms with E-state index >= 15 is 0 Å². The second-order valence-corrected chi connectivity index (χ2v) is 8.47. The Morgan fingerprint density at radius 2 is 1.38 bits per heavy atom. The molecule has 2 aromatic rings. The van der Waals surface area contributed by atoms with Gasteiger partial charge in [-0.2, -0.15) is 0 Å². The van der Waals surface area contributed by atoms with Crippen LogP contribution in [0.25, 0.3) is 0 Å². The Morgan fingerprint density at radius 1 is 0.862 bits per heavy atom. The van der Waals surface area contributed by atoms with Gasteiger partial charge in [-0.15, -0.1) is 0 Å². The quantitative estimate of drug-likeness (QED) is 0.682. The van der Waals surface area contributed by atoms with E-state index in [4.69, 9.17) is 4.74 Å². The van der Waals surface area contributed by atoms with Gasteiger partial charge in [0.15, 0.2) is 0 Å². The van der Waals surface area contributed by atoms with Crippen molar-refractivity contribution in [3.05, 3.63) is 54.1 Å². The molecule has 0 saturated carbocycles. The number of nitrogens with zero attached hydrogens (tertiary/aromatic N) is 1. The summed E-state index contributed by atoms with van der Waals surface area (Å²) in [5.74, 6) is -0.279. The topological polar surface area (TPSA) is 87.7 Å². The molecular formula is C21H25N3O4S. The van der Waals surface area contributed by atoms with Crippen molar-refractivity contribution >= 4 is 40.4 Å². The van der Waals surface area contributed by atoms with Crippen LogP contribution < -0.4 is 10.6 Å². The molecule has 0 aliphatic heterocycles. The highest BCUT2D eigenvalue weighted by Crippen LogP contribution is 2.23. The summed E-state index contributed by atoms with van der Waals surface area (Å²) >= 11 is 1.11. The molecule has 7 nitrogen and oxygen atoms in total. The largest absolute Gasteiger partial charge is 0.444 e. The highest BCUT2D eigenvalue weighted by molar-refractivity contribution is 8.13. The van der Waals surface area contributed by atoms with E-state index in [1.165, 1.54) is 4.90 Å². The molecule has 0 aliphatic carbocycles. The van der Waals surface area contributed by atoms with Crippen molar-refractivity contribution < 1.29 is 19.1 Å². The zero-order valence-corrected chi connectivity index (χ0v) is 17.9. The first-order valence-electron chi connectivity index (χ1n) is 8.94. The Hall–Kier alpha value is -3.00. The van der Waals surface area contributed by atoms with Gasteiger partial charge in [0.1, 0.15) is 5.60 Å². The minimum atomic E-state index is -0.586. The summed E-state index contributed by atoms with van der Waals surface area (Å²) in [4.78, 5) is 38.2. The number of nitrogens with one attached hydrogen (secondary N) is 2. The van der Waals surface area contributed by atoms with Gasteiger partial charge in [0.05, 0.1) is 0 Å². The molecule has 2 aromatic carbocycles. The number of rotatable bonds is 4. The Kier molecular flexibility index (Phi) is 7.28. The van der Waals surface area contributed by atoms with Gasteiger partial charge in [-0.1, -0.05) is 0 Å². The van der Waals surface area contributed by atoms with Crippen LogP contribution in [0.4, 0.5) is 21.0 Å². The highest BCUT2D eigenvalue weighted by atomic mass is 32.2. The van der Waals surface area contributed by atoms with Crippen LogP contribution in [0.15, 0.2) is 53.4 Å². The number of benzene rings is 2. The van der Waals surface area contributed by atoms with E-state index in [0.717, 1.165) is 16.7 Å². The van der Waals surface area contributed by atoms with Crippen molar-refractivity contribution in [2.24, 2.45) is 0 Å². The number of hydrogen-bond acceptors (Lipinski definition) is 5. The lowest BCUT2D eigenvalue weighted by molar-refractivity contribution is 0.0635. The number of thioether (sulfide) groups is 1. The van der Waals surface area contributed by atoms with Gasteiger partial charge in [-0.3, -0.25) is 14.9 Å². The van der Waals surface area contributed by atoms with Gasteiger partial charge in [-0.05, 0) is 81.1 Å². The lowest BCUT2D eigenvalue weighted by atomic mass is 10.2. The number of amides is 3. The van der Waals surface area contributed by atoms with Crippen molar-refractivity contribution in [2.45, 2.75) is 31.3 Å². The van der Waals surface area contributed by atoms with Crippen molar-refractivity contribution in [3.63, 3.8) is 0 Å². The van der Waals surface area contributed by atoms with Crippen LogP contribution in [0, 0.1) is 0 Å². The molecule has 0 bridgehead atoms. The zero-order valence-electron chi connectivity index (χ0n) is 17.1. The summed E-state index contributed by atoms with van der Waals surface area (Å²) in [6, 6.07) is 13.5. The molecule has 0 heterocycles. The van der Waals surface area contributed by atoms with E-state index < -0.39 is 11.7 Å². The van der Waals surface area contributed by atoms with Crippen LogP contribution in [0.2, 0.25) is 0 Å². The molecular weight excluding hydrogens is 390 g/mol. The standard InChI is InChI=1S/C21H25N3O4S/c1-21(2,3)28-19(26)23-16-8-6-14(7-9-16)18(25)22-15-10-12-17(13-11-15)29-20(27)24(4)5/h6-13H,1-5H3,(H,22,25)(H,23,26). The second kappa shape index (κ2) is 9.47. The predicted octanol–water partition coefficient (Wildman–Crippen LogP) is 5.06.